The molecule has 1 aliphatic heterocycles. The zero-order valence-corrected chi connectivity index (χ0v) is 14.4. The second-order valence-electron chi connectivity index (χ2n) is 5.79. The van der Waals surface area contributed by atoms with Gasteiger partial charge in [-0.3, -0.25) is 4.79 Å². The van der Waals surface area contributed by atoms with Crippen LogP contribution in [0.3, 0.4) is 0 Å². The first-order valence-electron chi connectivity index (χ1n) is 7.42. The number of carbonyl (C=O) groups excluding carboxylic acids is 1. The molecular formula is C18H19BrN2O. The van der Waals surface area contributed by atoms with Crippen molar-refractivity contribution in [2.45, 2.75) is 13.5 Å². The number of amides is 1. The molecular weight excluding hydrogens is 340 g/mol. The van der Waals surface area contributed by atoms with Crippen LogP contribution in [-0.4, -0.2) is 19.5 Å². The highest BCUT2D eigenvalue weighted by atomic mass is 79.9. The number of nitrogens with zero attached hydrogens (tertiary/aromatic N) is 2. The lowest BCUT2D eigenvalue weighted by molar-refractivity contribution is -0.121. The zero-order valence-electron chi connectivity index (χ0n) is 12.8. The molecule has 0 aliphatic carbocycles. The van der Waals surface area contributed by atoms with Gasteiger partial charge >= 0.3 is 0 Å². The van der Waals surface area contributed by atoms with Crippen LogP contribution in [0.4, 0.5) is 11.4 Å². The quantitative estimate of drug-likeness (QED) is 0.807. The third-order valence-electron chi connectivity index (χ3n) is 4.12. The number of benzene rings is 2. The monoisotopic (exact) mass is 358 g/mol. The molecule has 114 valence electrons. The predicted octanol–water partition coefficient (Wildman–Crippen LogP) is 4.07. The van der Waals surface area contributed by atoms with Crippen molar-refractivity contribution in [3.05, 3.63) is 58.6 Å². The third kappa shape index (κ3) is 2.88. The maximum atomic E-state index is 12.4. The SMILES string of the molecule is C[C@H]1CN(Cc2ccc(Br)cc2)c2ccccc2N(C)C1=O. The lowest BCUT2D eigenvalue weighted by Gasteiger charge is -2.26. The van der Waals surface area contributed by atoms with E-state index in [1.54, 1.807) is 4.90 Å². The van der Waals surface area contributed by atoms with Crippen LogP contribution in [0.2, 0.25) is 0 Å². The number of halogens is 1. The first-order chi connectivity index (χ1) is 10.6. The molecule has 2 aromatic rings. The molecule has 1 atom stereocenters. The van der Waals surface area contributed by atoms with Gasteiger partial charge in [-0.05, 0) is 29.8 Å². The molecule has 0 aromatic heterocycles. The maximum Gasteiger partial charge on any atom is 0.231 e. The van der Waals surface area contributed by atoms with Crippen LogP contribution in [0, 0.1) is 5.92 Å². The smallest absolute Gasteiger partial charge is 0.231 e. The van der Waals surface area contributed by atoms with Crippen LogP contribution in [-0.2, 0) is 11.3 Å². The fourth-order valence-electron chi connectivity index (χ4n) is 2.93. The Balaban J connectivity index is 1.97. The minimum Gasteiger partial charge on any atom is -0.365 e. The standard InChI is InChI=1S/C18H19BrN2O/c1-13-11-21(12-14-7-9-15(19)10-8-14)17-6-4-3-5-16(17)20(2)18(13)22/h3-10,13H,11-12H2,1-2H3/t13-/m0/s1. The molecule has 0 unspecified atom stereocenters. The van der Waals surface area contributed by atoms with E-state index in [1.807, 2.05) is 32.2 Å². The topological polar surface area (TPSA) is 23.6 Å². The van der Waals surface area contributed by atoms with Gasteiger partial charge in [-0.2, -0.15) is 0 Å². The Hall–Kier alpha value is -1.81. The molecule has 0 saturated carbocycles. The Morgan fingerprint density at radius 1 is 1.09 bits per heavy atom. The van der Waals surface area contributed by atoms with Crippen molar-refractivity contribution < 1.29 is 4.79 Å². The minimum atomic E-state index is -0.0205. The van der Waals surface area contributed by atoms with Crippen molar-refractivity contribution in [1.82, 2.24) is 0 Å². The number of fused-ring (bicyclic) bond motifs is 1. The van der Waals surface area contributed by atoms with Crippen LogP contribution in [0.25, 0.3) is 0 Å². The maximum absolute atomic E-state index is 12.4. The fourth-order valence-corrected chi connectivity index (χ4v) is 3.20. The van der Waals surface area contributed by atoms with E-state index in [-0.39, 0.29) is 11.8 Å². The van der Waals surface area contributed by atoms with Gasteiger partial charge in [-0.25, -0.2) is 0 Å². The van der Waals surface area contributed by atoms with Crippen molar-refractivity contribution in [1.29, 1.82) is 0 Å². The van der Waals surface area contributed by atoms with E-state index in [0.717, 1.165) is 28.9 Å². The Morgan fingerprint density at radius 3 is 2.41 bits per heavy atom. The van der Waals surface area contributed by atoms with E-state index in [1.165, 1.54) is 5.56 Å². The fraction of sp³-hybridized carbons (Fsp3) is 0.278. The number of hydrogen-bond acceptors (Lipinski definition) is 2. The van der Waals surface area contributed by atoms with Gasteiger partial charge in [0.15, 0.2) is 0 Å². The van der Waals surface area contributed by atoms with Crippen LogP contribution in [0.5, 0.6) is 0 Å². The van der Waals surface area contributed by atoms with E-state index in [2.05, 4.69) is 51.2 Å². The molecule has 1 amide bonds. The van der Waals surface area contributed by atoms with Crippen LogP contribution >= 0.6 is 15.9 Å². The highest BCUT2D eigenvalue weighted by Crippen LogP contribution is 2.34. The Morgan fingerprint density at radius 2 is 1.73 bits per heavy atom. The van der Waals surface area contributed by atoms with Crippen LogP contribution in [0.1, 0.15) is 12.5 Å². The molecule has 3 nitrogen and oxygen atoms in total. The van der Waals surface area contributed by atoms with Crippen molar-refractivity contribution in [3.63, 3.8) is 0 Å². The van der Waals surface area contributed by atoms with Crippen molar-refractivity contribution >= 4 is 33.2 Å². The Bertz CT molecular complexity index is 684. The number of carbonyl (C=O) groups is 1. The van der Waals surface area contributed by atoms with Gasteiger partial charge in [0.2, 0.25) is 5.91 Å². The second kappa shape index (κ2) is 6.13. The lowest BCUT2D eigenvalue weighted by Crippen LogP contribution is -2.34. The summed E-state index contributed by atoms with van der Waals surface area (Å²) >= 11 is 3.47. The van der Waals surface area contributed by atoms with E-state index < -0.39 is 0 Å². The van der Waals surface area contributed by atoms with Gasteiger partial charge in [-0.15, -0.1) is 0 Å². The van der Waals surface area contributed by atoms with Crippen molar-refractivity contribution in [2.75, 3.05) is 23.4 Å². The van der Waals surface area contributed by atoms with Gasteiger partial charge in [0.05, 0.1) is 17.3 Å². The number of hydrogen-bond donors (Lipinski definition) is 0. The highest BCUT2D eigenvalue weighted by molar-refractivity contribution is 9.10. The first kappa shape index (κ1) is 15.1. The summed E-state index contributed by atoms with van der Waals surface area (Å²) < 4.78 is 1.08. The summed E-state index contributed by atoms with van der Waals surface area (Å²) in [4.78, 5) is 16.5. The molecule has 0 saturated heterocycles. The Kier molecular flexibility index (Phi) is 4.21. The van der Waals surface area contributed by atoms with Gasteiger partial charge in [-0.1, -0.05) is 47.1 Å². The van der Waals surface area contributed by atoms with Gasteiger partial charge < -0.3 is 9.80 Å². The molecule has 2 aromatic carbocycles. The molecule has 0 spiro atoms. The van der Waals surface area contributed by atoms with E-state index in [0.29, 0.717) is 0 Å². The van der Waals surface area contributed by atoms with Gasteiger partial charge in [0, 0.05) is 24.6 Å². The lowest BCUT2D eigenvalue weighted by atomic mass is 10.1. The highest BCUT2D eigenvalue weighted by Gasteiger charge is 2.28. The van der Waals surface area contributed by atoms with Crippen molar-refractivity contribution in [2.24, 2.45) is 5.92 Å². The summed E-state index contributed by atoms with van der Waals surface area (Å²) in [6.45, 7) is 3.53. The summed E-state index contributed by atoms with van der Waals surface area (Å²) in [6.07, 6.45) is 0. The summed E-state index contributed by atoms with van der Waals surface area (Å²) in [6, 6.07) is 16.5. The molecule has 3 rings (SSSR count). The minimum absolute atomic E-state index is 0.0205. The van der Waals surface area contributed by atoms with Crippen molar-refractivity contribution in [3.8, 4) is 0 Å². The molecule has 22 heavy (non-hydrogen) atoms. The molecule has 0 bridgehead atoms. The zero-order chi connectivity index (χ0) is 15.7. The Labute approximate surface area is 139 Å². The van der Waals surface area contributed by atoms with Crippen LogP contribution in [0.15, 0.2) is 53.0 Å². The summed E-state index contributed by atoms with van der Waals surface area (Å²) in [7, 11) is 1.86. The number of para-hydroxylation sites is 2. The van der Waals surface area contributed by atoms with Gasteiger partial charge in [0.25, 0.3) is 0 Å². The molecule has 0 radical (unpaired) electrons. The van der Waals surface area contributed by atoms with E-state index in [9.17, 15) is 4.79 Å². The van der Waals surface area contributed by atoms with Gasteiger partial charge in [0.1, 0.15) is 0 Å². The summed E-state index contributed by atoms with van der Waals surface area (Å²) in [5.41, 5.74) is 3.33. The predicted molar refractivity (Wildman–Crippen MR) is 94.2 cm³/mol. The molecule has 1 heterocycles. The van der Waals surface area contributed by atoms with E-state index >= 15 is 0 Å². The molecule has 0 fully saturated rings. The molecule has 4 heteroatoms. The molecule has 1 aliphatic rings. The first-order valence-corrected chi connectivity index (χ1v) is 8.21. The summed E-state index contributed by atoms with van der Waals surface area (Å²) in [5.74, 6) is 0.151. The van der Waals surface area contributed by atoms with E-state index in [4.69, 9.17) is 0 Å². The summed E-state index contributed by atoms with van der Waals surface area (Å²) in [5, 5.41) is 0. The molecule has 0 N–H and O–H groups in total. The third-order valence-corrected chi connectivity index (χ3v) is 4.65. The number of rotatable bonds is 2. The normalized spacial score (nSPS) is 18.1. The average molecular weight is 359 g/mol. The number of anilines is 2. The van der Waals surface area contributed by atoms with Crippen LogP contribution < -0.4 is 9.80 Å². The largest absolute Gasteiger partial charge is 0.365 e. The average Bonchev–Trinajstić information content (AvgIpc) is 2.62. The second-order valence-corrected chi connectivity index (χ2v) is 6.71.